The number of hydrogen-bond donors (Lipinski definition) is 1. The second kappa shape index (κ2) is 6.49. The number of H-pyrrole nitrogens is 1. The van der Waals surface area contributed by atoms with Crippen LogP contribution in [-0.4, -0.2) is 22.1 Å². The number of rotatable bonds is 2. The SMILES string of the molecule is C#C.C#Cc1cn(C)c(=O)c2[nH]c(C)c(C(=O)OCC)c12. The molecule has 2 aromatic heterocycles. The number of aryl methyl sites for hydroxylation is 2. The Labute approximate surface area is 122 Å². The van der Waals surface area contributed by atoms with Gasteiger partial charge in [-0.05, 0) is 13.8 Å². The highest BCUT2D eigenvalue weighted by atomic mass is 16.5. The molecule has 0 saturated carbocycles. The van der Waals surface area contributed by atoms with Crippen molar-refractivity contribution in [2.24, 2.45) is 7.05 Å². The highest BCUT2D eigenvalue weighted by Gasteiger charge is 2.21. The van der Waals surface area contributed by atoms with Crippen LogP contribution < -0.4 is 5.56 Å². The standard InChI is InChI=1S/C14H14N2O3.C2H2/c1-5-9-7-16(4)13(17)12-11(9)10(8(3)15-12)14(18)19-6-2;1-2/h1,7,15H,6H2,2-4H3;1-2H. The summed E-state index contributed by atoms with van der Waals surface area (Å²) in [5.74, 6) is 2.03. The smallest absolute Gasteiger partial charge is 0.340 e. The Balaban J connectivity index is 0.00000106. The predicted molar refractivity (Wildman–Crippen MR) is 82.1 cm³/mol. The molecule has 2 aromatic rings. The summed E-state index contributed by atoms with van der Waals surface area (Å²) in [4.78, 5) is 27.0. The molecule has 0 fully saturated rings. The fraction of sp³-hybridized carbons (Fsp3) is 0.250. The number of hydrogen-bond acceptors (Lipinski definition) is 3. The molecule has 0 aromatic carbocycles. The molecule has 0 atom stereocenters. The maximum Gasteiger partial charge on any atom is 0.340 e. The summed E-state index contributed by atoms with van der Waals surface area (Å²) in [5.41, 5.74) is 1.51. The van der Waals surface area contributed by atoms with Crippen LogP contribution in [0.5, 0.6) is 0 Å². The molecule has 5 heteroatoms. The number of aromatic nitrogens is 2. The summed E-state index contributed by atoms with van der Waals surface area (Å²) < 4.78 is 6.40. The molecule has 0 aliphatic rings. The van der Waals surface area contributed by atoms with Gasteiger partial charge in [0.15, 0.2) is 0 Å². The molecule has 0 aliphatic carbocycles. The minimum absolute atomic E-state index is 0.229. The van der Waals surface area contributed by atoms with Crippen LogP contribution >= 0.6 is 0 Å². The van der Waals surface area contributed by atoms with E-state index in [0.29, 0.717) is 27.7 Å². The van der Waals surface area contributed by atoms with E-state index in [4.69, 9.17) is 11.2 Å². The Bertz CT molecular complexity index is 801. The zero-order chi connectivity index (χ0) is 16.2. The average molecular weight is 284 g/mol. The Hall–Kier alpha value is -2.92. The lowest BCUT2D eigenvalue weighted by atomic mass is 10.1. The van der Waals surface area contributed by atoms with Gasteiger partial charge in [-0.15, -0.1) is 19.3 Å². The van der Waals surface area contributed by atoms with Gasteiger partial charge in [0.05, 0.1) is 17.7 Å². The van der Waals surface area contributed by atoms with Gasteiger partial charge in [0, 0.05) is 24.3 Å². The van der Waals surface area contributed by atoms with Gasteiger partial charge in [0.1, 0.15) is 5.52 Å². The molecule has 2 rings (SSSR count). The maximum absolute atomic E-state index is 12.1. The lowest BCUT2D eigenvalue weighted by Gasteiger charge is -2.04. The Morgan fingerprint density at radius 2 is 2.10 bits per heavy atom. The molecule has 0 radical (unpaired) electrons. The summed E-state index contributed by atoms with van der Waals surface area (Å²) >= 11 is 0. The molecule has 0 aliphatic heterocycles. The first-order valence-electron chi connectivity index (χ1n) is 6.20. The molecule has 108 valence electrons. The number of aromatic amines is 1. The van der Waals surface area contributed by atoms with Crippen LogP contribution in [0.25, 0.3) is 10.9 Å². The van der Waals surface area contributed by atoms with Gasteiger partial charge < -0.3 is 14.3 Å². The largest absolute Gasteiger partial charge is 0.462 e. The van der Waals surface area contributed by atoms with Crippen molar-refractivity contribution in [1.82, 2.24) is 9.55 Å². The number of carbonyl (C=O) groups excluding carboxylic acids is 1. The van der Waals surface area contributed by atoms with E-state index in [9.17, 15) is 9.59 Å². The minimum Gasteiger partial charge on any atom is -0.462 e. The summed E-state index contributed by atoms with van der Waals surface area (Å²) in [6.07, 6.45) is 15.0. The molecule has 21 heavy (non-hydrogen) atoms. The van der Waals surface area contributed by atoms with Crippen molar-refractivity contribution in [3.63, 3.8) is 0 Å². The average Bonchev–Trinajstić information content (AvgIpc) is 2.83. The van der Waals surface area contributed by atoms with Crippen molar-refractivity contribution >= 4 is 16.9 Å². The number of terminal acetylenes is 2. The third-order valence-corrected chi connectivity index (χ3v) is 2.95. The Morgan fingerprint density at radius 1 is 1.48 bits per heavy atom. The zero-order valence-electron chi connectivity index (χ0n) is 12.2. The molecule has 0 amide bonds. The number of carbonyl (C=O) groups is 1. The lowest BCUT2D eigenvalue weighted by molar-refractivity contribution is 0.0528. The van der Waals surface area contributed by atoms with Crippen molar-refractivity contribution in [3.8, 4) is 25.2 Å². The van der Waals surface area contributed by atoms with Gasteiger partial charge in [0.2, 0.25) is 0 Å². The Kier molecular flexibility index (Phi) is 4.99. The van der Waals surface area contributed by atoms with E-state index in [0.717, 1.165) is 0 Å². The van der Waals surface area contributed by atoms with Gasteiger partial charge in [0.25, 0.3) is 5.56 Å². The minimum atomic E-state index is -0.476. The number of nitrogens with zero attached hydrogens (tertiary/aromatic N) is 1. The van der Waals surface area contributed by atoms with Crippen molar-refractivity contribution < 1.29 is 9.53 Å². The van der Waals surface area contributed by atoms with Crippen molar-refractivity contribution in [3.05, 3.63) is 33.4 Å². The molecular formula is C16H16N2O3. The summed E-state index contributed by atoms with van der Waals surface area (Å²) in [6.45, 7) is 3.70. The second-order valence-electron chi connectivity index (χ2n) is 4.20. The van der Waals surface area contributed by atoms with E-state index in [-0.39, 0.29) is 12.2 Å². The number of nitrogens with one attached hydrogen (secondary N) is 1. The van der Waals surface area contributed by atoms with Gasteiger partial charge in [-0.3, -0.25) is 4.79 Å². The Morgan fingerprint density at radius 3 is 2.62 bits per heavy atom. The topological polar surface area (TPSA) is 64.1 Å². The van der Waals surface area contributed by atoms with E-state index in [2.05, 4.69) is 23.8 Å². The third-order valence-electron chi connectivity index (χ3n) is 2.95. The van der Waals surface area contributed by atoms with Crippen LogP contribution in [0, 0.1) is 32.1 Å². The highest BCUT2D eigenvalue weighted by molar-refractivity contribution is 6.07. The zero-order valence-corrected chi connectivity index (χ0v) is 12.2. The van der Waals surface area contributed by atoms with Crippen molar-refractivity contribution in [2.75, 3.05) is 6.61 Å². The van der Waals surface area contributed by atoms with Gasteiger partial charge >= 0.3 is 5.97 Å². The van der Waals surface area contributed by atoms with Crippen LogP contribution in [0.15, 0.2) is 11.0 Å². The fourth-order valence-corrected chi connectivity index (χ4v) is 2.12. The number of esters is 1. The number of fused-ring (bicyclic) bond motifs is 1. The quantitative estimate of drug-likeness (QED) is 0.672. The molecule has 5 nitrogen and oxygen atoms in total. The maximum atomic E-state index is 12.1. The molecule has 0 unspecified atom stereocenters. The van der Waals surface area contributed by atoms with Crippen LogP contribution in [0.1, 0.15) is 28.5 Å². The van der Waals surface area contributed by atoms with E-state index in [1.165, 1.54) is 4.57 Å². The summed E-state index contributed by atoms with van der Waals surface area (Å²) in [7, 11) is 1.61. The van der Waals surface area contributed by atoms with E-state index in [1.807, 2.05) is 0 Å². The fourth-order valence-electron chi connectivity index (χ4n) is 2.12. The monoisotopic (exact) mass is 284 g/mol. The van der Waals surface area contributed by atoms with Gasteiger partial charge in [-0.2, -0.15) is 0 Å². The molecule has 0 spiro atoms. The van der Waals surface area contributed by atoms with Crippen LogP contribution in [0.2, 0.25) is 0 Å². The van der Waals surface area contributed by atoms with E-state index in [1.54, 1.807) is 27.1 Å². The molecule has 2 heterocycles. The van der Waals surface area contributed by atoms with E-state index < -0.39 is 5.97 Å². The molecule has 0 bridgehead atoms. The third kappa shape index (κ3) is 2.68. The van der Waals surface area contributed by atoms with Crippen molar-refractivity contribution in [2.45, 2.75) is 13.8 Å². The first-order chi connectivity index (χ1) is 10.0. The second-order valence-corrected chi connectivity index (χ2v) is 4.20. The predicted octanol–water partition coefficient (Wildman–Crippen LogP) is 1.58. The summed E-state index contributed by atoms with van der Waals surface area (Å²) in [5, 5.41) is 0.460. The van der Waals surface area contributed by atoms with Crippen LogP contribution in [0.4, 0.5) is 0 Å². The highest BCUT2D eigenvalue weighted by Crippen LogP contribution is 2.23. The van der Waals surface area contributed by atoms with Crippen LogP contribution in [0.3, 0.4) is 0 Å². The normalized spacial score (nSPS) is 9.52. The summed E-state index contributed by atoms with van der Waals surface area (Å²) in [6, 6.07) is 0. The molecule has 0 saturated heterocycles. The van der Waals surface area contributed by atoms with Gasteiger partial charge in [-0.25, -0.2) is 4.79 Å². The lowest BCUT2D eigenvalue weighted by Crippen LogP contribution is -2.17. The number of pyridine rings is 1. The molecular weight excluding hydrogens is 268 g/mol. The van der Waals surface area contributed by atoms with Crippen molar-refractivity contribution in [1.29, 1.82) is 0 Å². The molecule has 1 N–H and O–H groups in total. The first-order valence-corrected chi connectivity index (χ1v) is 6.20. The van der Waals surface area contributed by atoms with Gasteiger partial charge in [-0.1, -0.05) is 5.92 Å². The number of ether oxygens (including phenoxy) is 1. The first kappa shape index (κ1) is 16.1. The van der Waals surface area contributed by atoms with Crippen LogP contribution in [-0.2, 0) is 11.8 Å². The van der Waals surface area contributed by atoms with E-state index >= 15 is 0 Å².